The van der Waals surface area contributed by atoms with Crippen LogP contribution < -0.4 is 10.6 Å². The monoisotopic (exact) mass is 268 g/mol. The summed E-state index contributed by atoms with van der Waals surface area (Å²) in [6.45, 7) is 7.30. The van der Waals surface area contributed by atoms with Gasteiger partial charge in [-0.2, -0.15) is 0 Å². The van der Waals surface area contributed by atoms with E-state index in [2.05, 4.69) is 15.5 Å². The molecule has 0 unspecified atom stereocenters. The van der Waals surface area contributed by atoms with Crippen LogP contribution in [0.1, 0.15) is 19.8 Å². The van der Waals surface area contributed by atoms with Gasteiger partial charge in [0.2, 0.25) is 11.8 Å². The fourth-order valence-electron chi connectivity index (χ4n) is 2.73. The van der Waals surface area contributed by atoms with Crippen LogP contribution in [0.5, 0.6) is 0 Å². The molecule has 2 heterocycles. The molecule has 0 aromatic carbocycles. The quantitative estimate of drug-likeness (QED) is 0.690. The van der Waals surface area contributed by atoms with E-state index in [1.54, 1.807) is 6.92 Å². The van der Waals surface area contributed by atoms with Crippen LogP contribution in [0.25, 0.3) is 0 Å². The van der Waals surface area contributed by atoms with Gasteiger partial charge in [0.15, 0.2) is 0 Å². The lowest BCUT2D eigenvalue weighted by atomic mass is 10.1. The maximum absolute atomic E-state index is 12.1. The molecule has 2 N–H and O–H groups in total. The minimum Gasteiger partial charge on any atom is -0.354 e. The first kappa shape index (κ1) is 14.3. The number of hydrogen-bond donors (Lipinski definition) is 2. The number of rotatable bonds is 3. The second-order valence-corrected chi connectivity index (χ2v) is 5.38. The molecule has 2 rings (SSSR count). The van der Waals surface area contributed by atoms with E-state index in [0.29, 0.717) is 6.54 Å². The summed E-state index contributed by atoms with van der Waals surface area (Å²) in [6.07, 6.45) is 1.88. The molecule has 6 nitrogen and oxygen atoms in total. The third kappa shape index (κ3) is 4.47. The summed E-state index contributed by atoms with van der Waals surface area (Å²) in [4.78, 5) is 27.2. The predicted molar refractivity (Wildman–Crippen MR) is 72.7 cm³/mol. The van der Waals surface area contributed by atoms with Crippen molar-refractivity contribution in [1.29, 1.82) is 0 Å². The predicted octanol–water partition coefficient (Wildman–Crippen LogP) is -0.981. The summed E-state index contributed by atoms with van der Waals surface area (Å²) >= 11 is 0. The summed E-state index contributed by atoms with van der Waals surface area (Å²) in [7, 11) is 0. The Balaban J connectivity index is 1.69. The van der Waals surface area contributed by atoms with Crippen molar-refractivity contribution in [2.24, 2.45) is 0 Å². The lowest BCUT2D eigenvalue weighted by molar-refractivity contribution is -0.133. The molecule has 2 fully saturated rings. The van der Waals surface area contributed by atoms with Gasteiger partial charge in [0.05, 0.1) is 6.54 Å². The minimum absolute atomic E-state index is 0.0374. The highest BCUT2D eigenvalue weighted by Crippen LogP contribution is 2.10. The second-order valence-electron chi connectivity index (χ2n) is 5.38. The van der Waals surface area contributed by atoms with Crippen molar-refractivity contribution >= 4 is 11.8 Å². The molecule has 0 aromatic rings. The molecule has 0 aromatic heterocycles. The first-order valence-corrected chi connectivity index (χ1v) is 7.13. The zero-order chi connectivity index (χ0) is 13.7. The summed E-state index contributed by atoms with van der Waals surface area (Å²) in [5, 5.41) is 6.20. The molecule has 2 aliphatic heterocycles. The lowest BCUT2D eigenvalue weighted by Crippen LogP contribution is -2.51. The highest BCUT2D eigenvalue weighted by molar-refractivity contribution is 5.78. The van der Waals surface area contributed by atoms with Crippen LogP contribution in [-0.4, -0.2) is 73.5 Å². The molecule has 0 aliphatic carbocycles. The maximum atomic E-state index is 12.1. The average Bonchev–Trinajstić information content (AvgIpc) is 2.41. The zero-order valence-electron chi connectivity index (χ0n) is 11.7. The fraction of sp³-hybridized carbons (Fsp3) is 0.846. The Kier molecular flexibility index (Phi) is 5.15. The first-order chi connectivity index (χ1) is 9.15. The van der Waals surface area contributed by atoms with Crippen LogP contribution in [0.15, 0.2) is 0 Å². The van der Waals surface area contributed by atoms with Crippen molar-refractivity contribution in [3.05, 3.63) is 0 Å². The Labute approximate surface area is 114 Å². The third-order valence-electron chi connectivity index (χ3n) is 3.82. The lowest BCUT2D eigenvalue weighted by Gasteiger charge is -2.34. The third-order valence-corrected chi connectivity index (χ3v) is 3.82. The second kappa shape index (κ2) is 6.86. The van der Waals surface area contributed by atoms with E-state index in [-0.39, 0.29) is 17.9 Å². The molecule has 2 amide bonds. The number of nitrogens with one attached hydrogen (secondary N) is 2. The Hall–Kier alpha value is -1.14. The molecule has 2 aliphatic rings. The molecule has 0 spiro atoms. The Morgan fingerprint density at radius 3 is 2.37 bits per heavy atom. The molecule has 0 bridgehead atoms. The standard InChI is InChI=1S/C13H24N4O2/c1-11(18)15-12-2-6-16(7-3-12)10-13(19)17-8-4-14-5-9-17/h12,14H,2-10H2,1H3,(H,15,18). The topological polar surface area (TPSA) is 64.7 Å². The smallest absolute Gasteiger partial charge is 0.236 e. The van der Waals surface area contributed by atoms with E-state index >= 15 is 0 Å². The molecular weight excluding hydrogens is 244 g/mol. The average molecular weight is 268 g/mol. The van der Waals surface area contributed by atoms with E-state index in [1.165, 1.54) is 0 Å². The van der Waals surface area contributed by atoms with E-state index < -0.39 is 0 Å². The highest BCUT2D eigenvalue weighted by Gasteiger charge is 2.23. The SMILES string of the molecule is CC(=O)NC1CCN(CC(=O)N2CCNCC2)CC1. The Bertz CT molecular complexity index is 321. The van der Waals surface area contributed by atoms with Crippen molar-refractivity contribution in [3.8, 4) is 0 Å². The molecule has 2 saturated heterocycles. The normalized spacial score (nSPS) is 22.3. The van der Waals surface area contributed by atoms with Gasteiger partial charge < -0.3 is 15.5 Å². The van der Waals surface area contributed by atoms with Crippen LogP contribution in [-0.2, 0) is 9.59 Å². The molecule has 6 heteroatoms. The largest absolute Gasteiger partial charge is 0.354 e. The highest BCUT2D eigenvalue weighted by atomic mass is 16.2. The molecule has 108 valence electrons. The van der Waals surface area contributed by atoms with Crippen molar-refractivity contribution in [1.82, 2.24) is 20.4 Å². The van der Waals surface area contributed by atoms with Crippen molar-refractivity contribution < 1.29 is 9.59 Å². The number of carbonyl (C=O) groups is 2. The Morgan fingerprint density at radius 2 is 1.79 bits per heavy atom. The maximum Gasteiger partial charge on any atom is 0.236 e. The molecule has 0 radical (unpaired) electrons. The molecule has 19 heavy (non-hydrogen) atoms. The fourth-order valence-corrected chi connectivity index (χ4v) is 2.73. The van der Waals surface area contributed by atoms with E-state index in [9.17, 15) is 9.59 Å². The summed E-state index contributed by atoms with van der Waals surface area (Å²) in [6, 6.07) is 0.281. The van der Waals surface area contributed by atoms with Gasteiger partial charge in [-0.05, 0) is 12.8 Å². The first-order valence-electron chi connectivity index (χ1n) is 7.13. The van der Waals surface area contributed by atoms with Crippen LogP contribution >= 0.6 is 0 Å². The number of hydrogen-bond acceptors (Lipinski definition) is 4. The summed E-state index contributed by atoms with van der Waals surface area (Å²) in [5.41, 5.74) is 0. The van der Waals surface area contributed by atoms with E-state index in [4.69, 9.17) is 0 Å². The van der Waals surface area contributed by atoms with Crippen molar-refractivity contribution in [2.75, 3.05) is 45.8 Å². The summed E-state index contributed by atoms with van der Waals surface area (Å²) in [5.74, 6) is 0.273. The minimum atomic E-state index is 0.0374. The Morgan fingerprint density at radius 1 is 1.16 bits per heavy atom. The van der Waals surface area contributed by atoms with Gasteiger partial charge >= 0.3 is 0 Å². The molecule has 0 saturated carbocycles. The molecular formula is C13H24N4O2. The van der Waals surface area contributed by atoms with Gasteiger partial charge in [-0.3, -0.25) is 14.5 Å². The van der Waals surface area contributed by atoms with Crippen LogP contribution in [0.3, 0.4) is 0 Å². The number of amides is 2. The van der Waals surface area contributed by atoms with Crippen molar-refractivity contribution in [3.63, 3.8) is 0 Å². The van der Waals surface area contributed by atoms with Crippen LogP contribution in [0, 0.1) is 0 Å². The van der Waals surface area contributed by atoms with E-state index in [0.717, 1.165) is 52.1 Å². The number of piperazine rings is 1. The molecule has 0 atom stereocenters. The van der Waals surface area contributed by atoms with Crippen LogP contribution in [0.4, 0.5) is 0 Å². The van der Waals surface area contributed by atoms with Gasteiger partial charge in [0.25, 0.3) is 0 Å². The summed E-state index contributed by atoms with van der Waals surface area (Å²) < 4.78 is 0. The van der Waals surface area contributed by atoms with Gasteiger partial charge in [-0.25, -0.2) is 0 Å². The van der Waals surface area contributed by atoms with E-state index in [1.807, 2.05) is 4.90 Å². The zero-order valence-corrected chi connectivity index (χ0v) is 11.7. The van der Waals surface area contributed by atoms with Gasteiger partial charge in [0, 0.05) is 52.2 Å². The number of piperidine rings is 1. The van der Waals surface area contributed by atoms with Gasteiger partial charge in [0.1, 0.15) is 0 Å². The van der Waals surface area contributed by atoms with Gasteiger partial charge in [-0.1, -0.05) is 0 Å². The number of likely N-dealkylation sites (tertiary alicyclic amines) is 1. The van der Waals surface area contributed by atoms with Gasteiger partial charge in [-0.15, -0.1) is 0 Å². The van der Waals surface area contributed by atoms with Crippen molar-refractivity contribution in [2.45, 2.75) is 25.8 Å². The number of carbonyl (C=O) groups excluding carboxylic acids is 2. The van der Waals surface area contributed by atoms with Crippen LogP contribution in [0.2, 0.25) is 0 Å². The number of nitrogens with zero attached hydrogens (tertiary/aromatic N) is 2.